The smallest absolute Gasteiger partial charge is 0.228 e. The number of nitrogens with zero attached hydrogens (tertiary/aromatic N) is 1. The molecule has 1 heterocycles. The summed E-state index contributed by atoms with van der Waals surface area (Å²) in [5, 5.41) is 9.76. The van der Waals surface area contributed by atoms with Crippen molar-refractivity contribution in [2.24, 2.45) is 5.41 Å². The van der Waals surface area contributed by atoms with Gasteiger partial charge in [-0.15, -0.1) is 0 Å². The van der Waals surface area contributed by atoms with Gasteiger partial charge in [-0.3, -0.25) is 4.79 Å². The number of aliphatic hydroxyl groups is 1. The van der Waals surface area contributed by atoms with Crippen LogP contribution >= 0.6 is 0 Å². The highest BCUT2D eigenvalue weighted by Crippen LogP contribution is 2.28. The molecule has 14 heavy (non-hydrogen) atoms. The number of rotatable bonds is 2. The molecule has 1 unspecified atom stereocenters. The highest BCUT2D eigenvalue weighted by molar-refractivity contribution is 5.82. The van der Waals surface area contributed by atoms with Gasteiger partial charge in [-0.2, -0.15) is 0 Å². The van der Waals surface area contributed by atoms with Crippen molar-refractivity contribution in [2.75, 3.05) is 13.1 Å². The van der Waals surface area contributed by atoms with Crippen molar-refractivity contribution in [3.8, 4) is 0 Å². The summed E-state index contributed by atoms with van der Waals surface area (Å²) in [5.41, 5.74) is -0.972. The lowest BCUT2D eigenvalue weighted by molar-refractivity contribution is -0.140. The summed E-state index contributed by atoms with van der Waals surface area (Å²) in [5.74, 6) is 0.165. The fourth-order valence-electron chi connectivity index (χ4n) is 1.70. The summed E-state index contributed by atoms with van der Waals surface area (Å²) in [7, 11) is 0. The highest BCUT2D eigenvalue weighted by atomic mass is 16.3. The average molecular weight is 199 g/mol. The molecule has 0 saturated carbocycles. The van der Waals surface area contributed by atoms with Crippen LogP contribution in [0.4, 0.5) is 0 Å². The number of amides is 1. The molecule has 1 fully saturated rings. The summed E-state index contributed by atoms with van der Waals surface area (Å²) in [6.45, 7) is 8.90. The van der Waals surface area contributed by atoms with Crippen LogP contribution in [-0.2, 0) is 4.79 Å². The molecule has 0 radical (unpaired) electrons. The molecule has 0 spiro atoms. The lowest BCUT2D eigenvalue weighted by Crippen LogP contribution is -2.41. The molecule has 0 aromatic carbocycles. The summed E-state index contributed by atoms with van der Waals surface area (Å²) in [4.78, 5) is 13.8. The minimum absolute atomic E-state index is 0.165. The Morgan fingerprint density at radius 3 is 2.50 bits per heavy atom. The van der Waals surface area contributed by atoms with E-state index in [4.69, 9.17) is 0 Å². The van der Waals surface area contributed by atoms with Crippen LogP contribution in [0.5, 0.6) is 0 Å². The van der Waals surface area contributed by atoms with E-state index in [9.17, 15) is 9.90 Å². The first kappa shape index (κ1) is 11.5. The molecule has 0 aromatic rings. The van der Waals surface area contributed by atoms with Crippen LogP contribution in [0.25, 0.3) is 0 Å². The fourth-order valence-corrected chi connectivity index (χ4v) is 1.70. The first-order chi connectivity index (χ1) is 6.28. The van der Waals surface area contributed by atoms with Crippen LogP contribution in [0.15, 0.2) is 0 Å². The molecule has 1 aliphatic rings. The van der Waals surface area contributed by atoms with Crippen molar-refractivity contribution >= 4 is 5.91 Å². The Morgan fingerprint density at radius 2 is 2.14 bits per heavy atom. The Kier molecular flexibility index (Phi) is 2.91. The van der Waals surface area contributed by atoms with Gasteiger partial charge >= 0.3 is 0 Å². The van der Waals surface area contributed by atoms with Crippen LogP contribution in [0, 0.1) is 5.41 Å². The van der Waals surface area contributed by atoms with E-state index < -0.39 is 5.60 Å². The van der Waals surface area contributed by atoms with Crippen LogP contribution in [0.2, 0.25) is 0 Å². The van der Waals surface area contributed by atoms with Crippen molar-refractivity contribution < 1.29 is 9.90 Å². The first-order valence-corrected chi connectivity index (χ1v) is 5.30. The van der Waals surface area contributed by atoms with Gasteiger partial charge in [-0.1, -0.05) is 20.8 Å². The van der Waals surface area contributed by atoms with Crippen molar-refractivity contribution in [2.45, 2.75) is 46.1 Å². The average Bonchev–Trinajstić information content (AvgIpc) is 2.44. The minimum Gasteiger partial charge on any atom is -0.388 e. The van der Waals surface area contributed by atoms with Crippen molar-refractivity contribution in [1.29, 1.82) is 0 Å². The Balaban J connectivity index is 2.65. The van der Waals surface area contributed by atoms with E-state index >= 15 is 0 Å². The van der Waals surface area contributed by atoms with Gasteiger partial charge in [-0.25, -0.2) is 0 Å². The van der Waals surface area contributed by atoms with Gasteiger partial charge in [0.15, 0.2) is 0 Å². The fraction of sp³-hybridized carbons (Fsp3) is 0.909. The van der Waals surface area contributed by atoms with E-state index in [-0.39, 0.29) is 11.3 Å². The van der Waals surface area contributed by atoms with E-state index in [2.05, 4.69) is 0 Å². The zero-order chi connectivity index (χ0) is 11.0. The Bertz CT molecular complexity index is 233. The van der Waals surface area contributed by atoms with E-state index in [1.165, 1.54) is 0 Å². The summed E-state index contributed by atoms with van der Waals surface area (Å²) in [6, 6.07) is 0. The molecule has 1 amide bonds. The maximum absolute atomic E-state index is 12.0. The molecule has 3 heteroatoms. The van der Waals surface area contributed by atoms with E-state index in [0.29, 0.717) is 19.5 Å². The Hall–Kier alpha value is -0.570. The molecule has 3 nitrogen and oxygen atoms in total. The number of likely N-dealkylation sites (tertiary alicyclic amines) is 1. The minimum atomic E-state index is -0.681. The van der Waals surface area contributed by atoms with Crippen LogP contribution < -0.4 is 0 Å². The standard InChI is InChI=1S/C11H21NO2/c1-5-10(2,3)9(13)12-7-6-11(4,14)8-12/h14H,5-8H2,1-4H3. The zero-order valence-corrected chi connectivity index (χ0v) is 9.63. The van der Waals surface area contributed by atoms with Gasteiger partial charge in [0.2, 0.25) is 5.91 Å². The van der Waals surface area contributed by atoms with Gasteiger partial charge in [0, 0.05) is 18.5 Å². The molecule has 82 valence electrons. The summed E-state index contributed by atoms with van der Waals surface area (Å²) >= 11 is 0. The second-order valence-corrected chi connectivity index (χ2v) is 5.21. The molecule has 1 rings (SSSR count). The van der Waals surface area contributed by atoms with Crippen molar-refractivity contribution in [3.63, 3.8) is 0 Å². The van der Waals surface area contributed by atoms with Gasteiger partial charge in [-0.05, 0) is 19.8 Å². The lowest BCUT2D eigenvalue weighted by Gasteiger charge is -2.28. The number of carbonyl (C=O) groups excluding carboxylic acids is 1. The van der Waals surface area contributed by atoms with E-state index in [0.717, 1.165) is 6.42 Å². The molecular weight excluding hydrogens is 178 g/mol. The SMILES string of the molecule is CCC(C)(C)C(=O)N1CCC(C)(O)C1. The predicted octanol–water partition coefficient (Wildman–Crippen LogP) is 1.41. The molecule has 1 aliphatic heterocycles. The molecule has 1 atom stereocenters. The lowest BCUT2D eigenvalue weighted by atomic mass is 9.88. The van der Waals surface area contributed by atoms with E-state index in [1.807, 2.05) is 20.8 Å². The summed E-state index contributed by atoms with van der Waals surface area (Å²) in [6.07, 6.45) is 1.53. The third-order valence-electron chi connectivity index (χ3n) is 3.20. The van der Waals surface area contributed by atoms with Gasteiger partial charge in [0.05, 0.1) is 5.60 Å². The maximum Gasteiger partial charge on any atom is 0.228 e. The number of carbonyl (C=O) groups is 1. The van der Waals surface area contributed by atoms with Crippen LogP contribution in [-0.4, -0.2) is 34.6 Å². The predicted molar refractivity (Wildman–Crippen MR) is 55.9 cm³/mol. The normalized spacial score (nSPS) is 28.2. The number of hydrogen-bond donors (Lipinski definition) is 1. The van der Waals surface area contributed by atoms with Crippen molar-refractivity contribution in [3.05, 3.63) is 0 Å². The van der Waals surface area contributed by atoms with E-state index in [1.54, 1.807) is 11.8 Å². The number of hydrogen-bond acceptors (Lipinski definition) is 2. The molecule has 0 bridgehead atoms. The highest BCUT2D eigenvalue weighted by Gasteiger charge is 2.38. The van der Waals surface area contributed by atoms with Crippen molar-refractivity contribution in [1.82, 2.24) is 4.90 Å². The zero-order valence-electron chi connectivity index (χ0n) is 9.63. The van der Waals surface area contributed by atoms with Gasteiger partial charge in [0.25, 0.3) is 0 Å². The largest absolute Gasteiger partial charge is 0.388 e. The molecule has 1 N–H and O–H groups in total. The van der Waals surface area contributed by atoms with Gasteiger partial charge in [0.1, 0.15) is 0 Å². The molecule has 0 aliphatic carbocycles. The Labute approximate surface area is 86.1 Å². The topological polar surface area (TPSA) is 40.5 Å². The maximum atomic E-state index is 12.0. The molecular formula is C11H21NO2. The van der Waals surface area contributed by atoms with Crippen LogP contribution in [0.3, 0.4) is 0 Å². The number of β-amino-alcohol motifs (C(OH)–C–C–N with tert-alkyl or cyclic N) is 1. The Morgan fingerprint density at radius 1 is 1.57 bits per heavy atom. The van der Waals surface area contributed by atoms with Crippen LogP contribution in [0.1, 0.15) is 40.5 Å². The first-order valence-electron chi connectivity index (χ1n) is 5.30. The molecule has 0 aromatic heterocycles. The molecule has 1 saturated heterocycles. The van der Waals surface area contributed by atoms with Gasteiger partial charge < -0.3 is 10.0 Å². The third-order valence-corrected chi connectivity index (χ3v) is 3.20. The second-order valence-electron chi connectivity index (χ2n) is 5.21. The monoisotopic (exact) mass is 199 g/mol. The third kappa shape index (κ3) is 2.27. The quantitative estimate of drug-likeness (QED) is 0.730. The second kappa shape index (κ2) is 3.54. The summed E-state index contributed by atoms with van der Waals surface area (Å²) < 4.78 is 0.